The Bertz CT molecular complexity index is 1300. The molecule has 1 heterocycles. The maximum absolute atomic E-state index is 13.2. The number of benzene rings is 3. The lowest BCUT2D eigenvalue weighted by atomic mass is 9.72. The van der Waals surface area contributed by atoms with Crippen LogP contribution in [0.25, 0.3) is 11.1 Å². The highest BCUT2D eigenvalue weighted by atomic mass is 19.4. The van der Waals surface area contributed by atoms with Gasteiger partial charge in [0.1, 0.15) is 0 Å². The zero-order valence-electron chi connectivity index (χ0n) is 23.3. The summed E-state index contributed by atoms with van der Waals surface area (Å²) in [5.74, 6) is -1.02. The van der Waals surface area contributed by atoms with Crippen LogP contribution in [-0.4, -0.2) is 47.6 Å². The number of piperidine rings is 1. The molecule has 3 aromatic carbocycles. The minimum atomic E-state index is -4.41. The molecule has 3 aromatic rings. The van der Waals surface area contributed by atoms with E-state index in [1.807, 2.05) is 30.3 Å². The Balaban J connectivity index is 1.31. The summed E-state index contributed by atoms with van der Waals surface area (Å²) < 4.78 is 38.9. The summed E-state index contributed by atoms with van der Waals surface area (Å²) in [5.41, 5.74) is 1.54. The van der Waals surface area contributed by atoms with Crippen molar-refractivity contribution in [3.63, 3.8) is 0 Å². The standard InChI is InChI=1S/C33H37F3N2O3/c1-2-32(23-30(39)40,25-9-4-3-5-10-25)19-8-20-38-21-17-27(18-22-38)37-31(41)29-12-7-6-11-28(29)24-13-15-26(16-14-24)33(34,35)36/h3-7,9-16,27H,2,8,17-23H2,1H3,(H,37,41)(H,39,40). The van der Waals surface area contributed by atoms with Crippen molar-refractivity contribution in [3.8, 4) is 11.1 Å². The van der Waals surface area contributed by atoms with Crippen molar-refractivity contribution in [1.82, 2.24) is 10.2 Å². The fourth-order valence-electron chi connectivity index (χ4n) is 5.90. The first-order valence-corrected chi connectivity index (χ1v) is 14.2. The third-order valence-corrected chi connectivity index (χ3v) is 8.30. The average Bonchev–Trinajstić information content (AvgIpc) is 2.97. The summed E-state index contributed by atoms with van der Waals surface area (Å²) in [5, 5.41) is 12.7. The molecule has 218 valence electrons. The zero-order chi connectivity index (χ0) is 29.5. The van der Waals surface area contributed by atoms with E-state index in [1.54, 1.807) is 24.3 Å². The molecule has 1 amide bonds. The Morgan fingerprint density at radius 3 is 2.15 bits per heavy atom. The second-order valence-corrected chi connectivity index (χ2v) is 10.9. The molecular weight excluding hydrogens is 529 g/mol. The Kier molecular flexibility index (Phi) is 9.86. The number of carboxylic acid groups (broad SMARTS) is 1. The molecule has 0 aromatic heterocycles. The molecule has 0 bridgehead atoms. The van der Waals surface area contributed by atoms with Crippen LogP contribution >= 0.6 is 0 Å². The predicted molar refractivity (Wildman–Crippen MR) is 154 cm³/mol. The van der Waals surface area contributed by atoms with E-state index in [2.05, 4.69) is 17.1 Å². The minimum Gasteiger partial charge on any atom is -0.481 e. The maximum atomic E-state index is 13.2. The van der Waals surface area contributed by atoms with Gasteiger partial charge in [-0.3, -0.25) is 9.59 Å². The summed E-state index contributed by atoms with van der Waals surface area (Å²) in [7, 11) is 0. The van der Waals surface area contributed by atoms with Crippen LogP contribution in [0, 0.1) is 0 Å². The van der Waals surface area contributed by atoms with Gasteiger partial charge in [0.05, 0.1) is 12.0 Å². The SMILES string of the molecule is CCC(CCCN1CCC(NC(=O)c2ccccc2-c2ccc(C(F)(F)F)cc2)CC1)(CC(=O)O)c1ccccc1. The minimum absolute atomic E-state index is 0.00507. The highest BCUT2D eigenvalue weighted by Gasteiger charge is 2.33. The van der Waals surface area contributed by atoms with Crippen molar-refractivity contribution < 1.29 is 27.9 Å². The van der Waals surface area contributed by atoms with E-state index in [0.717, 1.165) is 69.4 Å². The van der Waals surface area contributed by atoms with Crippen LogP contribution in [0.3, 0.4) is 0 Å². The van der Waals surface area contributed by atoms with E-state index in [1.165, 1.54) is 12.1 Å². The number of nitrogens with one attached hydrogen (secondary N) is 1. The normalized spacial score (nSPS) is 16.2. The van der Waals surface area contributed by atoms with Crippen LogP contribution in [0.5, 0.6) is 0 Å². The quantitative estimate of drug-likeness (QED) is 0.258. The molecule has 2 N–H and O–H groups in total. The molecule has 1 fully saturated rings. The number of halogens is 3. The van der Waals surface area contributed by atoms with Gasteiger partial charge in [-0.2, -0.15) is 13.2 Å². The highest BCUT2D eigenvalue weighted by molar-refractivity contribution is 6.01. The molecule has 1 atom stereocenters. The zero-order valence-corrected chi connectivity index (χ0v) is 23.3. The number of amides is 1. The molecule has 1 saturated heterocycles. The van der Waals surface area contributed by atoms with E-state index in [9.17, 15) is 27.9 Å². The van der Waals surface area contributed by atoms with Gasteiger partial charge in [0.2, 0.25) is 0 Å². The molecule has 1 aliphatic rings. The smallest absolute Gasteiger partial charge is 0.416 e. The number of likely N-dealkylation sites (tertiary alicyclic amines) is 1. The summed E-state index contributed by atoms with van der Waals surface area (Å²) >= 11 is 0. The van der Waals surface area contributed by atoms with Gasteiger partial charge in [0, 0.05) is 30.1 Å². The average molecular weight is 567 g/mol. The monoisotopic (exact) mass is 566 g/mol. The number of nitrogens with zero attached hydrogens (tertiary/aromatic N) is 1. The Labute approximate surface area is 239 Å². The van der Waals surface area contributed by atoms with Gasteiger partial charge in [0.15, 0.2) is 0 Å². The molecule has 0 aliphatic carbocycles. The maximum Gasteiger partial charge on any atom is 0.416 e. The van der Waals surface area contributed by atoms with Gasteiger partial charge in [-0.05, 0) is 73.5 Å². The first-order chi connectivity index (χ1) is 19.6. The second kappa shape index (κ2) is 13.3. The number of alkyl halides is 3. The summed E-state index contributed by atoms with van der Waals surface area (Å²) in [6.45, 7) is 4.58. The molecular formula is C33H37F3N2O3. The topological polar surface area (TPSA) is 69.6 Å². The van der Waals surface area contributed by atoms with Crippen LogP contribution in [-0.2, 0) is 16.4 Å². The number of carbonyl (C=O) groups excluding carboxylic acids is 1. The van der Waals surface area contributed by atoms with Crippen molar-refractivity contribution in [1.29, 1.82) is 0 Å². The van der Waals surface area contributed by atoms with Crippen molar-refractivity contribution in [2.75, 3.05) is 19.6 Å². The molecule has 0 spiro atoms. The third-order valence-electron chi connectivity index (χ3n) is 8.30. The lowest BCUT2D eigenvalue weighted by Gasteiger charge is -2.35. The Hall–Kier alpha value is -3.65. The van der Waals surface area contributed by atoms with Gasteiger partial charge in [-0.15, -0.1) is 0 Å². The van der Waals surface area contributed by atoms with E-state index >= 15 is 0 Å². The lowest BCUT2D eigenvalue weighted by molar-refractivity contribution is -0.139. The summed E-state index contributed by atoms with van der Waals surface area (Å²) in [6.07, 6.45) is -0.294. The first-order valence-electron chi connectivity index (χ1n) is 14.2. The van der Waals surface area contributed by atoms with Gasteiger partial charge in [0.25, 0.3) is 5.91 Å². The lowest BCUT2D eigenvalue weighted by Crippen LogP contribution is -2.45. The van der Waals surface area contributed by atoms with Gasteiger partial charge in [-0.25, -0.2) is 0 Å². The fourth-order valence-corrected chi connectivity index (χ4v) is 5.90. The van der Waals surface area contributed by atoms with Crippen LogP contribution in [0.15, 0.2) is 78.9 Å². The third kappa shape index (κ3) is 7.76. The molecule has 5 nitrogen and oxygen atoms in total. The van der Waals surface area contributed by atoms with Crippen LogP contribution in [0.4, 0.5) is 13.2 Å². The van der Waals surface area contributed by atoms with E-state index in [4.69, 9.17) is 0 Å². The summed E-state index contributed by atoms with van der Waals surface area (Å²) in [4.78, 5) is 27.3. The number of hydrogen-bond donors (Lipinski definition) is 2. The molecule has 4 rings (SSSR count). The van der Waals surface area contributed by atoms with Gasteiger partial charge < -0.3 is 15.3 Å². The first kappa shape index (κ1) is 30.3. The fraction of sp³-hybridized carbons (Fsp3) is 0.394. The molecule has 1 aliphatic heterocycles. The number of aliphatic carboxylic acids is 1. The van der Waals surface area contributed by atoms with E-state index in [-0.39, 0.29) is 23.8 Å². The van der Waals surface area contributed by atoms with Crippen molar-refractivity contribution >= 4 is 11.9 Å². The Morgan fingerprint density at radius 2 is 1.54 bits per heavy atom. The van der Waals surface area contributed by atoms with Crippen LogP contribution in [0.2, 0.25) is 0 Å². The number of carbonyl (C=O) groups is 2. The number of hydrogen-bond acceptors (Lipinski definition) is 3. The second-order valence-electron chi connectivity index (χ2n) is 10.9. The largest absolute Gasteiger partial charge is 0.481 e. The van der Waals surface area contributed by atoms with Crippen molar-refractivity contribution in [3.05, 3.63) is 95.6 Å². The van der Waals surface area contributed by atoms with Crippen LogP contribution < -0.4 is 5.32 Å². The van der Waals surface area contributed by atoms with E-state index < -0.39 is 17.7 Å². The van der Waals surface area contributed by atoms with Crippen LogP contribution in [0.1, 0.15) is 66.9 Å². The number of rotatable bonds is 11. The molecule has 1 unspecified atom stereocenters. The molecule has 0 saturated carbocycles. The number of carboxylic acids is 1. The van der Waals surface area contributed by atoms with Gasteiger partial charge >= 0.3 is 12.1 Å². The molecule has 0 radical (unpaired) electrons. The van der Waals surface area contributed by atoms with Crippen molar-refractivity contribution in [2.24, 2.45) is 0 Å². The van der Waals surface area contributed by atoms with E-state index in [0.29, 0.717) is 16.7 Å². The highest BCUT2D eigenvalue weighted by Crippen LogP contribution is 2.37. The van der Waals surface area contributed by atoms with Gasteiger partial charge in [-0.1, -0.05) is 67.6 Å². The molecule has 41 heavy (non-hydrogen) atoms. The summed E-state index contributed by atoms with van der Waals surface area (Å²) in [6, 6.07) is 21.7. The Morgan fingerprint density at radius 1 is 0.902 bits per heavy atom. The predicted octanol–water partition coefficient (Wildman–Crippen LogP) is 7.17. The molecule has 8 heteroatoms. The van der Waals surface area contributed by atoms with Crippen molar-refractivity contribution in [2.45, 2.75) is 63.1 Å².